The number of aryl methyl sites for hydroxylation is 2. The second-order valence-electron chi connectivity index (χ2n) is 5.05. The van der Waals surface area contributed by atoms with Crippen LogP contribution in [0.3, 0.4) is 0 Å². The van der Waals surface area contributed by atoms with Crippen LogP contribution in [0.5, 0.6) is 11.5 Å². The van der Waals surface area contributed by atoms with Gasteiger partial charge in [0.2, 0.25) is 0 Å². The Hall–Kier alpha value is -1.32. The number of ether oxygens (including phenoxy) is 1. The van der Waals surface area contributed by atoms with Crippen LogP contribution >= 0.6 is 15.9 Å². The van der Waals surface area contributed by atoms with Gasteiger partial charge in [-0.15, -0.1) is 0 Å². The number of halogens is 1. The van der Waals surface area contributed by atoms with Crippen molar-refractivity contribution in [3.63, 3.8) is 0 Å². The molecule has 0 atom stereocenters. The van der Waals surface area contributed by atoms with Gasteiger partial charge in [-0.05, 0) is 68.1 Å². The van der Waals surface area contributed by atoms with E-state index in [0.717, 1.165) is 33.5 Å². The molecular formula is C17H20BrNO. The van der Waals surface area contributed by atoms with E-state index in [0.29, 0.717) is 6.54 Å². The lowest BCUT2D eigenvalue weighted by Crippen LogP contribution is -2.04. The molecule has 0 bridgehead atoms. The molecule has 0 fully saturated rings. The predicted octanol–water partition coefficient (Wildman–Crippen LogP) is 4.67. The fourth-order valence-electron chi connectivity index (χ4n) is 2.18. The van der Waals surface area contributed by atoms with E-state index in [2.05, 4.69) is 54.9 Å². The van der Waals surface area contributed by atoms with Crippen molar-refractivity contribution in [2.45, 2.75) is 27.2 Å². The fourth-order valence-corrected chi connectivity index (χ4v) is 2.52. The highest BCUT2D eigenvalue weighted by Crippen LogP contribution is 2.34. The molecule has 2 rings (SSSR count). The van der Waals surface area contributed by atoms with E-state index < -0.39 is 0 Å². The van der Waals surface area contributed by atoms with Crippen LogP contribution in [0.1, 0.15) is 22.3 Å². The van der Waals surface area contributed by atoms with Crippen LogP contribution in [0.15, 0.2) is 34.8 Å². The lowest BCUT2D eigenvalue weighted by atomic mass is 10.0. The number of hydrogen-bond donors (Lipinski definition) is 1. The lowest BCUT2D eigenvalue weighted by Gasteiger charge is -2.16. The molecule has 0 aliphatic carbocycles. The molecule has 2 nitrogen and oxygen atoms in total. The topological polar surface area (TPSA) is 35.2 Å². The van der Waals surface area contributed by atoms with Crippen LogP contribution in [0.2, 0.25) is 0 Å². The van der Waals surface area contributed by atoms with Gasteiger partial charge in [0.15, 0.2) is 0 Å². The number of rotatable bonds is 4. The maximum atomic E-state index is 6.20. The van der Waals surface area contributed by atoms with Crippen LogP contribution < -0.4 is 10.5 Å². The summed E-state index contributed by atoms with van der Waals surface area (Å²) in [5.41, 5.74) is 10.4. The van der Waals surface area contributed by atoms with Crippen molar-refractivity contribution in [3.8, 4) is 11.5 Å². The highest BCUT2D eigenvalue weighted by atomic mass is 79.9. The van der Waals surface area contributed by atoms with Gasteiger partial charge in [0.1, 0.15) is 11.5 Å². The van der Waals surface area contributed by atoms with Crippen LogP contribution in [-0.4, -0.2) is 6.54 Å². The Morgan fingerprint density at radius 1 is 1.05 bits per heavy atom. The van der Waals surface area contributed by atoms with E-state index in [9.17, 15) is 0 Å². The van der Waals surface area contributed by atoms with Crippen molar-refractivity contribution in [2.24, 2.45) is 5.73 Å². The largest absolute Gasteiger partial charge is 0.456 e. The predicted molar refractivity (Wildman–Crippen MR) is 87.6 cm³/mol. The first-order valence-corrected chi connectivity index (χ1v) is 7.55. The van der Waals surface area contributed by atoms with Gasteiger partial charge in [0.05, 0.1) is 0 Å². The summed E-state index contributed by atoms with van der Waals surface area (Å²) < 4.78 is 7.21. The molecule has 0 unspecified atom stereocenters. The molecule has 0 saturated heterocycles. The van der Waals surface area contributed by atoms with E-state index in [1.165, 1.54) is 11.1 Å². The van der Waals surface area contributed by atoms with Crippen LogP contribution in [0.25, 0.3) is 0 Å². The second-order valence-corrected chi connectivity index (χ2v) is 5.96. The molecule has 20 heavy (non-hydrogen) atoms. The molecule has 106 valence electrons. The van der Waals surface area contributed by atoms with Gasteiger partial charge >= 0.3 is 0 Å². The molecule has 0 amide bonds. The summed E-state index contributed by atoms with van der Waals surface area (Å²) in [5.74, 6) is 1.82. The van der Waals surface area contributed by atoms with E-state index in [1.807, 2.05) is 12.1 Å². The van der Waals surface area contributed by atoms with Crippen molar-refractivity contribution in [2.75, 3.05) is 6.54 Å². The van der Waals surface area contributed by atoms with E-state index in [-0.39, 0.29) is 0 Å². The van der Waals surface area contributed by atoms with Gasteiger partial charge in [-0.25, -0.2) is 0 Å². The SMILES string of the molecule is Cc1ccc(C)c(Oc2cc(Br)ccc2CCN)c1C. The Bertz CT molecular complexity index is 623. The standard InChI is InChI=1S/C17H20BrNO/c1-11-4-5-12(2)17(13(11)3)20-16-10-15(18)7-6-14(16)8-9-19/h4-7,10H,8-9,19H2,1-3H3. The van der Waals surface area contributed by atoms with Gasteiger partial charge in [0, 0.05) is 4.47 Å². The van der Waals surface area contributed by atoms with Crippen molar-refractivity contribution in [1.82, 2.24) is 0 Å². The van der Waals surface area contributed by atoms with E-state index in [4.69, 9.17) is 10.5 Å². The molecule has 0 aromatic heterocycles. The van der Waals surface area contributed by atoms with Crippen molar-refractivity contribution >= 4 is 15.9 Å². The zero-order valence-electron chi connectivity index (χ0n) is 12.2. The molecule has 0 spiro atoms. The van der Waals surface area contributed by atoms with Gasteiger partial charge in [-0.2, -0.15) is 0 Å². The Kier molecular flexibility index (Phi) is 4.84. The summed E-state index contributed by atoms with van der Waals surface area (Å²) >= 11 is 3.50. The summed E-state index contributed by atoms with van der Waals surface area (Å²) in [7, 11) is 0. The summed E-state index contributed by atoms with van der Waals surface area (Å²) in [6, 6.07) is 10.3. The monoisotopic (exact) mass is 333 g/mol. The molecular weight excluding hydrogens is 314 g/mol. The lowest BCUT2D eigenvalue weighted by molar-refractivity contribution is 0.468. The second kappa shape index (κ2) is 6.42. The molecule has 0 saturated carbocycles. The summed E-state index contributed by atoms with van der Waals surface area (Å²) in [6.07, 6.45) is 0.812. The smallest absolute Gasteiger partial charge is 0.133 e. The minimum Gasteiger partial charge on any atom is -0.456 e. The first-order valence-electron chi connectivity index (χ1n) is 6.76. The molecule has 2 aromatic carbocycles. The number of hydrogen-bond acceptors (Lipinski definition) is 2. The maximum Gasteiger partial charge on any atom is 0.133 e. The van der Waals surface area contributed by atoms with E-state index in [1.54, 1.807) is 0 Å². The minimum absolute atomic E-state index is 0.615. The van der Waals surface area contributed by atoms with Gasteiger partial charge in [-0.3, -0.25) is 0 Å². The van der Waals surface area contributed by atoms with Crippen molar-refractivity contribution in [3.05, 3.63) is 57.1 Å². The molecule has 0 aliphatic heterocycles. The summed E-state index contributed by atoms with van der Waals surface area (Å²) in [5, 5.41) is 0. The van der Waals surface area contributed by atoms with E-state index >= 15 is 0 Å². The molecule has 0 aliphatic rings. The quantitative estimate of drug-likeness (QED) is 0.882. The maximum absolute atomic E-state index is 6.20. The fraction of sp³-hybridized carbons (Fsp3) is 0.294. The third-order valence-corrected chi connectivity index (χ3v) is 4.02. The zero-order valence-corrected chi connectivity index (χ0v) is 13.8. The third-order valence-electron chi connectivity index (χ3n) is 3.53. The molecule has 0 heterocycles. The first kappa shape index (κ1) is 15.1. The number of nitrogens with two attached hydrogens (primary N) is 1. The molecule has 0 radical (unpaired) electrons. The normalized spacial score (nSPS) is 10.7. The van der Waals surface area contributed by atoms with Gasteiger partial charge in [-0.1, -0.05) is 34.1 Å². The molecule has 2 N–H and O–H groups in total. The average Bonchev–Trinajstić information content (AvgIpc) is 2.42. The van der Waals surface area contributed by atoms with Crippen LogP contribution in [-0.2, 0) is 6.42 Å². The van der Waals surface area contributed by atoms with Crippen molar-refractivity contribution < 1.29 is 4.74 Å². The molecule has 2 aromatic rings. The van der Waals surface area contributed by atoms with Gasteiger partial charge < -0.3 is 10.5 Å². The Morgan fingerprint density at radius 2 is 1.75 bits per heavy atom. The highest BCUT2D eigenvalue weighted by molar-refractivity contribution is 9.10. The van der Waals surface area contributed by atoms with Crippen molar-refractivity contribution in [1.29, 1.82) is 0 Å². The Balaban J connectivity index is 2.44. The Morgan fingerprint density at radius 3 is 2.45 bits per heavy atom. The Labute approximate surface area is 129 Å². The van der Waals surface area contributed by atoms with Gasteiger partial charge in [0.25, 0.3) is 0 Å². The summed E-state index contributed by atoms with van der Waals surface area (Å²) in [4.78, 5) is 0. The average molecular weight is 334 g/mol. The van der Waals surface area contributed by atoms with Crippen LogP contribution in [0, 0.1) is 20.8 Å². The zero-order chi connectivity index (χ0) is 14.7. The third kappa shape index (κ3) is 3.22. The highest BCUT2D eigenvalue weighted by Gasteiger charge is 2.11. The number of benzene rings is 2. The minimum atomic E-state index is 0.615. The first-order chi connectivity index (χ1) is 9.52. The van der Waals surface area contributed by atoms with Crippen LogP contribution in [0.4, 0.5) is 0 Å². The molecule has 3 heteroatoms. The summed E-state index contributed by atoms with van der Waals surface area (Å²) in [6.45, 7) is 6.88.